The molecule has 0 heterocycles. The van der Waals surface area contributed by atoms with Crippen molar-refractivity contribution in [3.63, 3.8) is 0 Å². The van der Waals surface area contributed by atoms with Crippen LogP contribution in [0.1, 0.15) is 18.6 Å². The number of nitro benzene ring substituents is 1. The number of nitro groups is 1. The van der Waals surface area contributed by atoms with Crippen LogP contribution in [0.5, 0.6) is 0 Å². The number of nitrogens with two attached hydrogens (primary N) is 1. The summed E-state index contributed by atoms with van der Waals surface area (Å²) in [4.78, 5) is 9.94. The molecule has 0 aliphatic heterocycles. The third kappa shape index (κ3) is 2.27. The molecule has 0 radical (unpaired) electrons. The predicted octanol–water partition coefficient (Wildman–Crippen LogP) is 0.975. The first kappa shape index (κ1) is 10.6. The van der Waals surface area contributed by atoms with Crippen molar-refractivity contribution < 1.29 is 10.0 Å². The first-order valence-corrected chi connectivity index (χ1v) is 4.20. The van der Waals surface area contributed by atoms with E-state index in [4.69, 9.17) is 5.73 Å². The third-order valence-corrected chi connectivity index (χ3v) is 1.92. The van der Waals surface area contributed by atoms with Crippen LogP contribution in [-0.4, -0.2) is 16.1 Å². The maximum Gasteiger partial charge on any atom is 0.269 e. The van der Waals surface area contributed by atoms with Crippen LogP contribution in [0.4, 0.5) is 5.69 Å². The summed E-state index contributed by atoms with van der Waals surface area (Å²) in [6, 6.07) is 5.39. The highest BCUT2D eigenvalue weighted by molar-refractivity contribution is 5.35. The molecule has 3 N–H and O–H groups in total. The second-order valence-electron chi connectivity index (χ2n) is 3.16. The second kappa shape index (κ2) is 4.17. The summed E-state index contributed by atoms with van der Waals surface area (Å²) in [5.74, 6) is 0. The molecular weight excluding hydrogens is 184 g/mol. The molecule has 1 aromatic carbocycles. The van der Waals surface area contributed by atoms with Crippen LogP contribution in [0.3, 0.4) is 0 Å². The van der Waals surface area contributed by atoms with Gasteiger partial charge in [0, 0.05) is 18.2 Å². The Morgan fingerprint density at radius 1 is 1.57 bits per heavy atom. The van der Waals surface area contributed by atoms with E-state index in [1.165, 1.54) is 18.2 Å². The lowest BCUT2D eigenvalue weighted by Crippen LogP contribution is -2.24. The molecule has 0 saturated heterocycles. The molecule has 0 spiro atoms. The summed E-state index contributed by atoms with van der Waals surface area (Å²) in [5, 5.41) is 20.0. The molecular formula is C9H12N2O3. The van der Waals surface area contributed by atoms with Crippen LogP contribution in [0.15, 0.2) is 24.3 Å². The van der Waals surface area contributed by atoms with E-state index in [0.717, 1.165) is 0 Å². The summed E-state index contributed by atoms with van der Waals surface area (Å²) in [7, 11) is 0. The summed E-state index contributed by atoms with van der Waals surface area (Å²) >= 11 is 0. The van der Waals surface area contributed by atoms with Crippen molar-refractivity contribution in [2.24, 2.45) is 5.73 Å². The van der Waals surface area contributed by atoms with Gasteiger partial charge in [-0.25, -0.2) is 0 Å². The Morgan fingerprint density at radius 3 is 2.71 bits per heavy atom. The summed E-state index contributed by atoms with van der Waals surface area (Å²) in [5.41, 5.74) is 5.90. The van der Waals surface area contributed by atoms with E-state index < -0.39 is 17.1 Å². The molecule has 5 nitrogen and oxygen atoms in total. The molecule has 2 unspecified atom stereocenters. The summed E-state index contributed by atoms with van der Waals surface area (Å²) in [6.07, 6.45) is -0.866. The number of non-ortho nitro benzene ring substituents is 1. The number of nitrogens with zero attached hydrogens (tertiary/aromatic N) is 1. The lowest BCUT2D eigenvalue weighted by Gasteiger charge is -2.14. The number of aliphatic hydroxyl groups is 1. The van der Waals surface area contributed by atoms with Gasteiger partial charge in [-0.2, -0.15) is 0 Å². The van der Waals surface area contributed by atoms with Gasteiger partial charge in [0.15, 0.2) is 0 Å². The van der Waals surface area contributed by atoms with Crippen LogP contribution < -0.4 is 5.73 Å². The predicted molar refractivity (Wildman–Crippen MR) is 51.7 cm³/mol. The van der Waals surface area contributed by atoms with Crippen molar-refractivity contribution in [3.05, 3.63) is 39.9 Å². The minimum Gasteiger partial charge on any atom is -0.387 e. The van der Waals surface area contributed by atoms with Crippen LogP contribution in [0.2, 0.25) is 0 Å². The number of benzene rings is 1. The third-order valence-electron chi connectivity index (χ3n) is 1.92. The molecule has 1 aromatic rings. The van der Waals surface area contributed by atoms with Gasteiger partial charge in [0.2, 0.25) is 0 Å². The number of aliphatic hydroxyl groups excluding tert-OH is 1. The van der Waals surface area contributed by atoms with Crippen molar-refractivity contribution in [2.75, 3.05) is 0 Å². The van der Waals surface area contributed by atoms with Gasteiger partial charge in [-0.3, -0.25) is 10.1 Å². The average molecular weight is 196 g/mol. The topological polar surface area (TPSA) is 89.4 Å². The fraction of sp³-hybridized carbons (Fsp3) is 0.333. The van der Waals surface area contributed by atoms with Crippen LogP contribution in [0, 0.1) is 10.1 Å². The monoisotopic (exact) mass is 196 g/mol. The Labute approximate surface area is 81.3 Å². The van der Waals surface area contributed by atoms with E-state index in [-0.39, 0.29) is 5.69 Å². The molecule has 1 rings (SSSR count). The van der Waals surface area contributed by atoms with Crippen molar-refractivity contribution in [3.8, 4) is 0 Å². The lowest BCUT2D eigenvalue weighted by molar-refractivity contribution is -0.385. The number of hydrogen-bond donors (Lipinski definition) is 2. The zero-order valence-corrected chi connectivity index (χ0v) is 7.75. The van der Waals surface area contributed by atoms with Crippen LogP contribution in [0.25, 0.3) is 0 Å². The van der Waals surface area contributed by atoms with Gasteiger partial charge in [-0.05, 0) is 12.5 Å². The zero-order chi connectivity index (χ0) is 10.7. The van der Waals surface area contributed by atoms with E-state index in [0.29, 0.717) is 5.56 Å². The van der Waals surface area contributed by atoms with Gasteiger partial charge in [0.25, 0.3) is 5.69 Å². The molecule has 0 bridgehead atoms. The van der Waals surface area contributed by atoms with Gasteiger partial charge in [0.1, 0.15) is 0 Å². The Hall–Kier alpha value is -1.46. The Morgan fingerprint density at radius 2 is 2.21 bits per heavy atom. The molecule has 76 valence electrons. The lowest BCUT2D eigenvalue weighted by atomic mass is 10.0. The highest BCUT2D eigenvalue weighted by atomic mass is 16.6. The molecule has 0 aromatic heterocycles. The largest absolute Gasteiger partial charge is 0.387 e. The smallest absolute Gasteiger partial charge is 0.269 e. The first-order valence-electron chi connectivity index (χ1n) is 4.20. The number of hydrogen-bond acceptors (Lipinski definition) is 4. The van der Waals surface area contributed by atoms with Gasteiger partial charge in [0.05, 0.1) is 11.0 Å². The van der Waals surface area contributed by atoms with E-state index in [1.54, 1.807) is 13.0 Å². The van der Waals surface area contributed by atoms with Crippen molar-refractivity contribution in [2.45, 2.75) is 19.1 Å². The molecule has 0 aliphatic carbocycles. The maximum atomic E-state index is 10.4. The molecule has 14 heavy (non-hydrogen) atoms. The zero-order valence-electron chi connectivity index (χ0n) is 7.75. The first-order chi connectivity index (χ1) is 6.52. The normalized spacial score (nSPS) is 14.8. The minimum absolute atomic E-state index is 0.0396. The quantitative estimate of drug-likeness (QED) is 0.557. The SMILES string of the molecule is CC(N)C(O)c1cccc([N+](=O)[O-])c1. The average Bonchev–Trinajstić information content (AvgIpc) is 2.16. The molecule has 0 aliphatic rings. The van der Waals surface area contributed by atoms with Crippen molar-refractivity contribution >= 4 is 5.69 Å². The van der Waals surface area contributed by atoms with E-state index in [1.807, 2.05) is 0 Å². The van der Waals surface area contributed by atoms with Crippen LogP contribution in [-0.2, 0) is 0 Å². The standard InChI is InChI=1S/C9H12N2O3/c1-6(10)9(12)7-3-2-4-8(5-7)11(13)14/h2-6,9,12H,10H2,1H3. The van der Waals surface area contributed by atoms with Gasteiger partial charge >= 0.3 is 0 Å². The van der Waals surface area contributed by atoms with E-state index in [2.05, 4.69) is 0 Å². The molecule has 5 heteroatoms. The van der Waals surface area contributed by atoms with Crippen molar-refractivity contribution in [1.82, 2.24) is 0 Å². The summed E-state index contributed by atoms with van der Waals surface area (Å²) < 4.78 is 0. The number of rotatable bonds is 3. The molecule has 2 atom stereocenters. The van der Waals surface area contributed by atoms with Gasteiger partial charge in [-0.15, -0.1) is 0 Å². The molecule has 0 fully saturated rings. The Bertz CT molecular complexity index is 339. The Balaban J connectivity index is 2.99. The second-order valence-corrected chi connectivity index (χ2v) is 3.16. The fourth-order valence-corrected chi connectivity index (χ4v) is 1.13. The van der Waals surface area contributed by atoms with Gasteiger partial charge < -0.3 is 10.8 Å². The van der Waals surface area contributed by atoms with Crippen molar-refractivity contribution in [1.29, 1.82) is 0 Å². The fourth-order valence-electron chi connectivity index (χ4n) is 1.13. The molecule has 0 saturated carbocycles. The van der Waals surface area contributed by atoms with E-state index in [9.17, 15) is 15.2 Å². The molecule has 0 amide bonds. The maximum absolute atomic E-state index is 10.4. The Kier molecular flexibility index (Phi) is 3.16. The van der Waals surface area contributed by atoms with E-state index >= 15 is 0 Å². The van der Waals surface area contributed by atoms with Crippen LogP contribution >= 0.6 is 0 Å². The highest BCUT2D eigenvalue weighted by Crippen LogP contribution is 2.20. The summed E-state index contributed by atoms with van der Waals surface area (Å²) in [6.45, 7) is 1.64. The highest BCUT2D eigenvalue weighted by Gasteiger charge is 2.15. The van der Waals surface area contributed by atoms with Gasteiger partial charge in [-0.1, -0.05) is 12.1 Å². The minimum atomic E-state index is -0.866.